The maximum Gasteiger partial charge on any atom is 0.251 e. The van der Waals surface area contributed by atoms with Crippen LogP contribution in [0.2, 0.25) is 0 Å². The minimum atomic E-state index is -0.0772. The van der Waals surface area contributed by atoms with E-state index in [9.17, 15) is 4.79 Å². The molecule has 0 saturated heterocycles. The molecule has 134 valence electrons. The fourth-order valence-electron chi connectivity index (χ4n) is 2.02. The average molecular weight is 334 g/mol. The third kappa shape index (κ3) is 7.97. The van der Waals surface area contributed by atoms with Crippen LogP contribution in [0.15, 0.2) is 29.3 Å². The van der Waals surface area contributed by atoms with Gasteiger partial charge >= 0.3 is 0 Å². The number of hydrogen-bond acceptors (Lipinski definition) is 3. The summed E-state index contributed by atoms with van der Waals surface area (Å²) in [4.78, 5) is 15.7. The normalized spacial score (nSPS) is 11.5. The molecule has 0 aliphatic heterocycles. The summed E-state index contributed by atoms with van der Waals surface area (Å²) >= 11 is 0. The van der Waals surface area contributed by atoms with Gasteiger partial charge in [-0.1, -0.05) is 26.0 Å². The molecule has 0 heterocycles. The van der Waals surface area contributed by atoms with Gasteiger partial charge in [-0.2, -0.15) is 0 Å². The zero-order valence-electron chi connectivity index (χ0n) is 15.2. The molecule has 0 aliphatic carbocycles. The number of carbonyl (C=O) groups excluding carboxylic acids is 1. The summed E-state index contributed by atoms with van der Waals surface area (Å²) in [5.74, 6) is 1.25. The van der Waals surface area contributed by atoms with Gasteiger partial charge in [-0.05, 0) is 30.0 Å². The van der Waals surface area contributed by atoms with Crippen LogP contribution in [-0.2, 0) is 11.3 Å². The number of rotatable bonds is 9. The van der Waals surface area contributed by atoms with Gasteiger partial charge in [0.2, 0.25) is 0 Å². The monoisotopic (exact) mass is 334 g/mol. The van der Waals surface area contributed by atoms with Gasteiger partial charge in [0, 0.05) is 46.0 Å². The van der Waals surface area contributed by atoms with Gasteiger partial charge in [0.25, 0.3) is 5.91 Å². The summed E-state index contributed by atoms with van der Waals surface area (Å²) < 4.78 is 5.55. The highest BCUT2D eigenvalue weighted by Gasteiger charge is 2.03. The summed E-state index contributed by atoms with van der Waals surface area (Å²) in [6, 6.07) is 7.51. The fourth-order valence-corrected chi connectivity index (χ4v) is 2.02. The van der Waals surface area contributed by atoms with Crippen molar-refractivity contribution in [3.05, 3.63) is 35.4 Å². The van der Waals surface area contributed by atoms with Crippen LogP contribution >= 0.6 is 0 Å². The molecule has 0 saturated carbocycles. The van der Waals surface area contributed by atoms with Crippen molar-refractivity contribution in [3.63, 3.8) is 0 Å². The second kappa shape index (κ2) is 11.5. The third-order valence-corrected chi connectivity index (χ3v) is 3.34. The number of benzene rings is 1. The number of amides is 1. The van der Waals surface area contributed by atoms with Gasteiger partial charge in [0.05, 0.1) is 0 Å². The first-order valence-corrected chi connectivity index (χ1v) is 8.40. The van der Waals surface area contributed by atoms with E-state index in [1.54, 1.807) is 14.1 Å². The van der Waals surface area contributed by atoms with Crippen LogP contribution in [0, 0.1) is 5.92 Å². The Morgan fingerprint density at radius 3 is 2.50 bits per heavy atom. The lowest BCUT2D eigenvalue weighted by atomic mass is 10.1. The largest absolute Gasteiger partial charge is 0.381 e. The first-order valence-electron chi connectivity index (χ1n) is 8.40. The predicted molar refractivity (Wildman–Crippen MR) is 98.3 cm³/mol. The van der Waals surface area contributed by atoms with E-state index in [-0.39, 0.29) is 5.91 Å². The molecule has 0 atom stereocenters. The summed E-state index contributed by atoms with van der Waals surface area (Å²) in [5.41, 5.74) is 1.75. The first kappa shape index (κ1) is 20.0. The Morgan fingerprint density at radius 1 is 1.21 bits per heavy atom. The maximum atomic E-state index is 11.5. The van der Waals surface area contributed by atoms with Crippen molar-refractivity contribution in [3.8, 4) is 0 Å². The molecule has 0 spiro atoms. The van der Waals surface area contributed by atoms with E-state index in [2.05, 4.69) is 34.8 Å². The predicted octanol–water partition coefficient (Wildman–Crippen LogP) is 1.77. The second-order valence-corrected chi connectivity index (χ2v) is 5.95. The number of aliphatic imine (C=N–C) groups is 1. The summed E-state index contributed by atoms with van der Waals surface area (Å²) in [6.07, 6.45) is 0.939. The van der Waals surface area contributed by atoms with Crippen LogP contribution in [0.25, 0.3) is 0 Å². The van der Waals surface area contributed by atoms with Gasteiger partial charge in [-0.3, -0.25) is 9.79 Å². The average Bonchev–Trinajstić information content (AvgIpc) is 2.60. The Kier molecular flexibility index (Phi) is 9.53. The zero-order valence-corrected chi connectivity index (χ0v) is 15.2. The zero-order chi connectivity index (χ0) is 17.8. The highest BCUT2D eigenvalue weighted by Crippen LogP contribution is 2.04. The maximum absolute atomic E-state index is 11.5. The van der Waals surface area contributed by atoms with Crippen LogP contribution in [0.1, 0.15) is 36.2 Å². The quantitative estimate of drug-likeness (QED) is 0.365. The molecule has 1 aromatic rings. The SMILES string of the molecule is CN=C(NCCCOCC(C)C)NCc1ccc(C(=O)NC)cc1. The van der Waals surface area contributed by atoms with E-state index >= 15 is 0 Å². The lowest BCUT2D eigenvalue weighted by Gasteiger charge is -2.12. The summed E-state index contributed by atoms with van der Waals surface area (Å²) in [6.45, 7) is 7.31. The Balaban J connectivity index is 2.27. The van der Waals surface area contributed by atoms with Gasteiger partial charge in [0.15, 0.2) is 5.96 Å². The van der Waals surface area contributed by atoms with Crippen LogP contribution < -0.4 is 16.0 Å². The van der Waals surface area contributed by atoms with Crippen molar-refractivity contribution in [2.24, 2.45) is 10.9 Å². The topological polar surface area (TPSA) is 74.8 Å². The van der Waals surface area contributed by atoms with Crippen molar-refractivity contribution in [1.82, 2.24) is 16.0 Å². The fraction of sp³-hybridized carbons (Fsp3) is 0.556. The first-order chi connectivity index (χ1) is 11.6. The molecule has 24 heavy (non-hydrogen) atoms. The van der Waals surface area contributed by atoms with Crippen molar-refractivity contribution in [2.45, 2.75) is 26.8 Å². The molecule has 0 radical (unpaired) electrons. The lowest BCUT2D eigenvalue weighted by Crippen LogP contribution is -2.37. The number of guanidine groups is 1. The van der Waals surface area contributed by atoms with E-state index < -0.39 is 0 Å². The number of nitrogens with one attached hydrogen (secondary N) is 3. The molecule has 0 bridgehead atoms. The molecule has 0 aromatic heterocycles. The Bertz CT molecular complexity index is 512. The summed E-state index contributed by atoms with van der Waals surface area (Å²) in [5, 5.41) is 9.13. The van der Waals surface area contributed by atoms with Gasteiger partial charge in [-0.25, -0.2) is 0 Å². The van der Waals surface area contributed by atoms with Gasteiger partial charge in [-0.15, -0.1) is 0 Å². The number of hydrogen-bond donors (Lipinski definition) is 3. The van der Waals surface area contributed by atoms with E-state index in [0.29, 0.717) is 18.0 Å². The van der Waals surface area contributed by atoms with E-state index in [1.807, 2.05) is 24.3 Å². The van der Waals surface area contributed by atoms with E-state index in [1.165, 1.54) is 0 Å². The molecule has 0 unspecified atom stereocenters. The minimum Gasteiger partial charge on any atom is -0.381 e. The van der Waals surface area contributed by atoms with Gasteiger partial charge < -0.3 is 20.7 Å². The second-order valence-electron chi connectivity index (χ2n) is 5.95. The molecule has 6 heteroatoms. The summed E-state index contributed by atoms with van der Waals surface area (Å²) in [7, 11) is 3.38. The molecule has 3 N–H and O–H groups in total. The van der Waals surface area contributed by atoms with Crippen LogP contribution in [-0.4, -0.2) is 45.7 Å². The van der Waals surface area contributed by atoms with Crippen LogP contribution in [0.4, 0.5) is 0 Å². The van der Waals surface area contributed by atoms with Crippen molar-refractivity contribution < 1.29 is 9.53 Å². The van der Waals surface area contributed by atoms with Crippen LogP contribution in [0.3, 0.4) is 0 Å². The molecule has 6 nitrogen and oxygen atoms in total. The smallest absolute Gasteiger partial charge is 0.251 e. The van der Waals surface area contributed by atoms with E-state index in [4.69, 9.17) is 4.74 Å². The molecule has 0 aliphatic rings. The van der Waals surface area contributed by atoms with Crippen molar-refractivity contribution in [2.75, 3.05) is 33.9 Å². The highest BCUT2D eigenvalue weighted by molar-refractivity contribution is 5.93. The lowest BCUT2D eigenvalue weighted by molar-refractivity contribution is 0.0963. The Hall–Kier alpha value is -2.08. The van der Waals surface area contributed by atoms with Crippen molar-refractivity contribution in [1.29, 1.82) is 0 Å². The highest BCUT2D eigenvalue weighted by atomic mass is 16.5. The third-order valence-electron chi connectivity index (χ3n) is 3.34. The molecular weight excluding hydrogens is 304 g/mol. The Morgan fingerprint density at radius 2 is 1.92 bits per heavy atom. The number of nitrogens with zero attached hydrogens (tertiary/aromatic N) is 1. The standard InChI is InChI=1S/C18H30N4O2/c1-14(2)13-24-11-5-10-21-18(20-4)22-12-15-6-8-16(9-7-15)17(23)19-3/h6-9,14H,5,10-13H2,1-4H3,(H,19,23)(H2,20,21,22). The molecule has 1 rings (SSSR count). The molecule has 1 amide bonds. The molecular formula is C18H30N4O2. The van der Waals surface area contributed by atoms with Gasteiger partial charge in [0.1, 0.15) is 0 Å². The molecule has 0 fully saturated rings. The van der Waals surface area contributed by atoms with Crippen LogP contribution in [0.5, 0.6) is 0 Å². The molecule has 1 aromatic carbocycles. The van der Waals surface area contributed by atoms with Crippen molar-refractivity contribution >= 4 is 11.9 Å². The Labute approximate surface area is 145 Å². The van der Waals surface area contributed by atoms with E-state index in [0.717, 1.165) is 37.7 Å². The number of carbonyl (C=O) groups is 1. The number of ether oxygens (including phenoxy) is 1. The minimum absolute atomic E-state index is 0.0772.